The van der Waals surface area contributed by atoms with Crippen LogP contribution in [0.15, 0.2) is 46.9 Å². The molecule has 0 spiro atoms. The first-order chi connectivity index (χ1) is 12.6. The molecule has 0 N–H and O–H groups in total. The van der Waals surface area contributed by atoms with E-state index in [1.54, 1.807) is 0 Å². The fraction of sp³-hybridized carbons (Fsp3) is 0.417. The lowest BCUT2D eigenvalue weighted by Crippen LogP contribution is -2.28. The SMILES string of the molecule is CC1CC(C)(Br)Cc2c1n(-c1ccc(C(C)(C)C)cc1)c1ccc(Br)cc21. The second-order valence-corrected chi connectivity index (χ2v) is 12.2. The van der Waals surface area contributed by atoms with E-state index < -0.39 is 0 Å². The maximum atomic E-state index is 3.98. The van der Waals surface area contributed by atoms with Gasteiger partial charge in [0.05, 0.1) is 5.52 Å². The zero-order chi connectivity index (χ0) is 19.6. The van der Waals surface area contributed by atoms with Crippen LogP contribution in [0.2, 0.25) is 0 Å². The maximum absolute atomic E-state index is 3.98. The summed E-state index contributed by atoms with van der Waals surface area (Å²) in [5, 5.41) is 1.37. The molecule has 2 unspecified atom stereocenters. The van der Waals surface area contributed by atoms with Crippen molar-refractivity contribution >= 4 is 42.8 Å². The molecule has 1 aliphatic carbocycles. The van der Waals surface area contributed by atoms with Crippen molar-refractivity contribution in [3.63, 3.8) is 0 Å². The third-order valence-corrected chi connectivity index (χ3v) is 6.91. The Hall–Kier alpha value is -1.06. The predicted molar refractivity (Wildman–Crippen MR) is 124 cm³/mol. The molecule has 1 aromatic heterocycles. The van der Waals surface area contributed by atoms with E-state index in [0.717, 1.165) is 17.3 Å². The fourth-order valence-corrected chi connectivity index (χ4v) is 5.74. The van der Waals surface area contributed by atoms with Crippen LogP contribution >= 0.6 is 31.9 Å². The molecule has 0 fully saturated rings. The maximum Gasteiger partial charge on any atom is 0.0535 e. The minimum Gasteiger partial charge on any atom is -0.313 e. The largest absolute Gasteiger partial charge is 0.313 e. The number of hydrogen-bond acceptors (Lipinski definition) is 0. The molecule has 1 nitrogen and oxygen atoms in total. The Kier molecular flexibility index (Phi) is 4.63. The smallest absolute Gasteiger partial charge is 0.0535 e. The fourth-order valence-electron chi connectivity index (χ4n) is 4.62. The van der Waals surface area contributed by atoms with E-state index in [0.29, 0.717) is 5.92 Å². The Morgan fingerprint density at radius 2 is 1.74 bits per heavy atom. The number of nitrogens with zero attached hydrogens (tertiary/aromatic N) is 1. The third kappa shape index (κ3) is 3.42. The highest BCUT2D eigenvalue weighted by Crippen LogP contribution is 2.47. The molecule has 0 saturated carbocycles. The summed E-state index contributed by atoms with van der Waals surface area (Å²) in [4.78, 5) is 0. The number of alkyl halides is 1. The van der Waals surface area contributed by atoms with Crippen molar-refractivity contribution in [3.05, 3.63) is 63.8 Å². The normalized spacial score (nSPS) is 22.9. The monoisotopic (exact) mass is 487 g/mol. The molecule has 0 bridgehead atoms. The first-order valence-electron chi connectivity index (χ1n) is 9.69. The van der Waals surface area contributed by atoms with Gasteiger partial charge in [0.15, 0.2) is 0 Å². The van der Waals surface area contributed by atoms with Crippen molar-refractivity contribution in [2.45, 2.75) is 63.1 Å². The molecular formula is C24H27Br2N. The zero-order valence-corrected chi connectivity index (χ0v) is 19.9. The van der Waals surface area contributed by atoms with E-state index in [-0.39, 0.29) is 9.74 Å². The molecule has 0 aliphatic heterocycles. The van der Waals surface area contributed by atoms with E-state index in [4.69, 9.17) is 0 Å². The molecule has 3 heteroatoms. The molecule has 4 rings (SSSR count). The molecule has 3 aromatic rings. The van der Waals surface area contributed by atoms with Crippen LogP contribution in [-0.2, 0) is 11.8 Å². The van der Waals surface area contributed by atoms with Gasteiger partial charge in [-0.1, -0.05) is 71.7 Å². The number of fused-ring (bicyclic) bond motifs is 3. The van der Waals surface area contributed by atoms with Crippen molar-refractivity contribution in [1.29, 1.82) is 0 Å². The van der Waals surface area contributed by atoms with E-state index in [2.05, 4.69) is 114 Å². The summed E-state index contributed by atoms with van der Waals surface area (Å²) in [7, 11) is 0. The summed E-state index contributed by atoms with van der Waals surface area (Å²) >= 11 is 7.66. The summed E-state index contributed by atoms with van der Waals surface area (Å²) in [6.45, 7) is 11.5. The highest BCUT2D eigenvalue weighted by molar-refractivity contribution is 9.10. The molecule has 27 heavy (non-hydrogen) atoms. The Morgan fingerprint density at radius 1 is 1.07 bits per heavy atom. The molecular weight excluding hydrogens is 462 g/mol. The van der Waals surface area contributed by atoms with Crippen LogP contribution in [0.1, 0.15) is 63.8 Å². The highest BCUT2D eigenvalue weighted by Gasteiger charge is 2.36. The van der Waals surface area contributed by atoms with Crippen molar-refractivity contribution in [2.24, 2.45) is 0 Å². The molecule has 1 heterocycles. The van der Waals surface area contributed by atoms with Crippen molar-refractivity contribution in [3.8, 4) is 5.69 Å². The summed E-state index contributed by atoms with van der Waals surface area (Å²) in [6.07, 6.45) is 2.21. The Labute approximate surface area is 179 Å². The van der Waals surface area contributed by atoms with Gasteiger partial charge in [0.2, 0.25) is 0 Å². The summed E-state index contributed by atoms with van der Waals surface area (Å²) in [5.74, 6) is 0.506. The van der Waals surface area contributed by atoms with Crippen LogP contribution in [-0.4, -0.2) is 8.89 Å². The Bertz CT molecular complexity index is 1000. The lowest BCUT2D eigenvalue weighted by Gasteiger charge is -2.33. The average Bonchev–Trinajstić information content (AvgIpc) is 2.87. The first-order valence-corrected chi connectivity index (χ1v) is 11.3. The molecule has 0 amide bonds. The molecule has 0 saturated heterocycles. The number of hydrogen-bond donors (Lipinski definition) is 0. The summed E-state index contributed by atoms with van der Waals surface area (Å²) in [5.41, 5.74) is 7.09. The Morgan fingerprint density at radius 3 is 2.37 bits per heavy atom. The van der Waals surface area contributed by atoms with Crippen LogP contribution in [0.5, 0.6) is 0 Å². The van der Waals surface area contributed by atoms with E-state index in [1.165, 1.54) is 33.4 Å². The van der Waals surface area contributed by atoms with Gasteiger partial charge in [-0.05, 0) is 72.6 Å². The molecule has 0 radical (unpaired) electrons. The van der Waals surface area contributed by atoms with Gasteiger partial charge < -0.3 is 4.57 Å². The van der Waals surface area contributed by atoms with Crippen LogP contribution in [0.25, 0.3) is 16.6 Å². The number of benzene rings is 2. The van der Waals surface area contributed by atoms with Gasteiger partial charge >= 0.3 is 0 Å². The van der Waals surface area contributed by atoms with Gasteiger partial charge in [0, 0.05) is 25.6 Å². The zero-order valence-electron chi connectivity index (χ0n) is 16.7. The van der Waals surface area contributed by atoms with Gasteiger partial charge in [0.1, 0.15) is 0 Å². The lowest BCUT2D eigenvalue weighted by molar-refractivity contribution is 0.490. The van der Waals surface area contributed by atoms with Crippen LogP contribution in [0.3, 0.4) is 0 Å². The molecule has 142 valence electrons. The minimum absolute atomic E-state index is 0.164. The van der Waals surface area contributed by atoms with Gasteiger partial charge in [-0.15, -0.1) is 0 Å². The average molecular weight is 489 g/mol. The molecule has 2 aromatic carbocycles. The van der Waals surface area contributed by atoms with Crippen LogP contribution in [0.4, 0.5) is 0 Å². The molecule has 2 atom stereocenters. The van der Waals surface area contributed by atoms with Crippen molar-refractivity contribution < 1.29 is 0 Å². The second-order valence-electron chi connectivity index (χ2n) is 9.35. The first kappa shape index (κ1) is 19.3. The highest BCUT2D eigenvalue weighted by atomic mass is 79.9. The van der Waals surface area contributed by atoms with E-state index in [1.807, 2.05) is 0 Å². The Balaban J connectivity index is 1.97. The third-order valence-electron chi connectivity index (χ3n) is 5.81. The summed E-state index contributed by atoms with van der Waals surface area (Å²) in [6, 6.07) is 15.9. The lowest BCUT2D eigenvalue weighted by atomic mass is 9.81. The van der Waals surface area contributed by atoms with E-state index >= 15 is 0 Å². The van der Waals surface area contributed by atoms with Crippen LogP contribution < -0.4 is 0 Å². The summed E-state index contributed by atoms with van der Waals surface area (Å²) < 4.78 is 3.81. The van der Waals surface area contributed by atoms with Gasteiger partial charge in [0.25, 0.3) is 0 Å². The number of aromatic nitrogens is 1. The van der Waals surface area contributed by atoms with Crippen LogP contribution in [0, 0.1) is 0 Å². The minimum atomic E-state index is 0.164. The standard InChI is InChI=1S/C24H27Br2N/c1-15-13-24(5,26)14-20-19-12-17(25)8-11-21(19)27(22(15)20)18-9-6-16(7-10-18)23(2,3)4/h6-12,15H,13-14H2,1-5H3. The van der Waals surface area contributed by atoms with Crippen molar-refractivity contribution in [1.82, 2.24) is 4.57 Å². The van der Waals surface area contributed by atoms with Gasteiger partial charge in [-0.25, -0.2) is 0 Å². The predicted octanol–water partition coefficient (Wildman–Crippen LogP) is 7.89. The quantitative estimate of drug-likeness (QED) is 0.307. The number of halogens is 2. The van der Waals surface area contributed by atoms with Crippen molar-refractivity contribution in [2.75, 3.05) is 0 Å². The second kappa shape index (κ2) is 6.49. The number of rotatable bonds is 1. The van der Waals surface area contributed by atoms with Gasteiger partial charge in [-0.3, -0.25) is 0 Å². The molecule has 1 aliphatic rings. The van der Waals surface area contributed by atoms with E-state index in [9.17, 15) is 0 Å². The topological polar surface area (TPSA) is 4.93 Å². The van der Waals surface area contributed by atoms with Gasteiger partial charge in [-0.2, -0.15) is 0 Å².